The molecular formula is C23H27NO5. The molecule has 29 heavy (non-hydrogen) atoms. The Morgan fingerprint density at radius 3 is 2.41 bits per heavy atom. The monoisotopic (exact) mass is 397 g/mol. The quantitative estimate of drug-likeness (QED) is 0.734. The molecule has 2 aliphatic rings. The SMILES string of the molecule is COc1cccc(OC)c1C(=O)NCCC(c1ccc2c(c1)OCCO2)C1CC1. The fourth-order valence-corrected chi connectivity index (χ4v) is 3.97. The molecule has 1 unspecified atom stereocenters. The lowest BCUT2D eigenvalue weighted by molar-refractivity contribution is 0.0946. The number of carbonyl (C=O) groups excluding carboxylic acids is 1. The Morgan fingerprint density at radius 1 is 1.07 bits per heavy atom. The van der Waals surface area contributed by atoms with E-state index in [1.165, 1.54) is 18.4 Å². The molecule has 2 aromatic rings. The normalized spacial score (nSPS) is 16.1. The molecule has 1 aliphatic carbocycles. The van der Waals surface area contributed by atoms with Crippen molar-refractivity contribution in [1.82, 2.24) is 5.32 Å². The summed E-state index contributed by atoms with van der Waals surface area (Å²) in [7, 11) is 3.10. The molecule has 1 fully saturated rings. The lowest BCUT2D eigenvalue weighted by Gasteiger charge is -2.22. The third kappa shape index (κ3) is 4.26. The predicted octanol–water partition coefficient (Wildman–Crippen LogP) is 3.79. The van der Waals surface area contributed by atoms with Gasteiger partial charge in [0.2, 0.25) is 0 Å². The van der Waals surface area contributed by atoms with Crippen LogP contribution in [-0.4, -0.2) is 39.9 Å². The Kier molecular flexibility index (Phi) is 5.79. The van der Waals surface area contributed by atoms with Gasteiger partial charge in [0, 0.05) is 6.54 Å². The van der Waals surface area contributed by atoms with Crippen LogP contribution in [0.4, 0.5) is 0 Å². The first-order chi connectivity index (χ1) is 14.2. The van der Waals surface area contributed by atoms with Crippen molar-refractivity contribution < 1.29 is 23.7 Å². The third-order valence-electron chi connectivity index (χ3n) is 5.58. The van der Waals surface area contributed by atoms with E-state index in [2.05, 4.69) is 17.4 Å². The third-order valence-corrected chi connectivity index (χ3v) is 5.58. The average molecular weight is 397 g/mol. The van der Waals surface area contributed by atoms with Crippen LogP contribution in [0.3, 0.4) is 0 Å². The highest BCUT2D eigenvalue weighted by Gasteiger charge is 2.33. The maximum atomic E-state index is 12.8. The Labute approximate surface area is 171 Å². The van der Waals surface area contributed by atoms with Crippen molar-refractivity contribution in [2.24, 2.45) is 5.92 Å². The molecule has 2 aromatic carbocycles. The zero-order valence-electron chi connectivity index (χ0n) is 16.9. The summed E-state index contributed by atoms with van der Waals surface area (Å²) in [6, 6.07) is 11.6. The number of rotatable bonds is 8. The first-order valence-corrected chi connectivity index (χ1v) is 10.1. The second kappa shape index (κ2) is 8.64. The summed E-state index contributed by atoms with van der Waals surface area (Å²) in [5.74, 6) is 3.52. The van der Waals surface area contributed by atoms with Gasteiger partial charge in [0.05, 0.1) is 14.2 Å². The minimum absolute atomic E-state index is 0.184. The number of fused-ring (bicyclic) bond motifs is 1. The fraction of sp³-hybridized carbons (Fsp3) is 0.435. The summed E-state index contributed by atoms with van der Waals surface area (Å²) in [6.07, 6.45) is 3.33. The van der Waals surface area contributed by atoms with Gasteiger partial charge in [0.15, 0.2) is 11.5 Å². The molecular weight excluding hydrogens is 370 g/mol. The first-order valence-electron chi connectivity index (χ1n) is 10.1. The minimum atomic E-state index is -0.184. The highest BCUT2D eigenvalue weighted by Crippen LogP contribution is 2.46. The van der Waals surface area contributed by atoms with Crippen LogP contribution in [0, 0.1) is 5.92 Å². The number of carbonyl (C=O) groups is 1. The molecule has 0 bridgehead atoms. The zero-order valence-corrected chi connectivity index (χ0v) is 16.9. The van der Waals surface area contributed by atoms with Crippen molar-refractivity contribution in [2.75, 3.05) is 34.0 Å². The average Bonchev–Trinajstić information content (AvgIpc) is 3.60. The highest BCUT2D eigenvalue weighted by atomic mass is 16.6. The Hall–Kier alpha value is -2.89. The van der Waals surface area contributed by atoms with E-state index in [1.54, 1.807) is 32.4 Å². The van der Waals surface area contributed by atoms with E-state index in [9.17, 15) is 4.79 Å². The Bertz CT molecular complexity index is 855. The van der Waals surface area contributed by atoms with Crippen molar-refractivity contribution in [2.45, 2.75) is 25.2 Å². The van der Waals surface area contributed by atoms with Gasteiger partial charge >= 0.3 is 0 Å². The van der Waals surface area contributed by atoms with E-state index in [0.29, 0.717) is 48.7 Å². The van der Waals surface area contributed by atoms with Gasteiger partial charge < -0.3 is 24.3 Å². The Morgan fingerprint density at radius 2 is 1.76 bits per heavy atom. The second-order valence-corrected chi connectivity index (χ2v) is 7.43. The minimum Gasteiger partial charge on any atom is -0.496 e. The van der Waals surface area contributed by atoms with Gasteiger partial charge in [-0.1, -0.05) is 12.1 Å². The molecule has 6 heteroatoms. The van der Waals surface area contributed by atoms with Crippen LogP contribution in [0.15, 0.2) is 36.4 Å². The molecule has 154 valence electrons. The number of methoxy groups -OCH3 is 2. The smallest absolute Gasteiger partial charge is 0.258 e. The number of nitrogens with one attached hydrogen (secondary N) is 1. The van der Waals surface area contributed by atoms with E-state index in [4.69, 9.17) is 18.9 Å². The number of benzene rings is 2. The standard InChI is InChI=1S/C23H27NO5/c1-26-19-4-3-5-20(27-2)22(19)23(25)24-11-10-17(15-6-7-15)16-8-9-18-21(14-16)29-13-12-28-18/h3-5,8-9,14-15,17H,6-7,10-13H2,1-2H3,(H,24,25). The summed E-state index contributed by atoms with van der Waals surface area (Å²) in [5.41, 5.74) is 1.68. The fourth-order valence-electron chi connectivity index (χ4n) is 3.97. The molecule has 1 heterocycles. The van der Waals surface area contributed by atoms with Crippen LogP contribution < -0.4 is 24.3 Å². The molecule has 0 spiro atoms. The summed E-state index contributed by atoms with van der Waals surface area (Å²) in [6.45, 7) is 1.76. The van der Waals surface area contributed by atoms with Gasteiger partial charge in [-0.3, -0.25) is 4.79 Å². The van der Waals surface area contributed by atoms with E-state index in [1.807, 2.05) is 6.07 Å². The molecule has 1 saturated carbocycles. The van der Waals surface area contributed by atoms with E-state index >= 15 is 0 Å². The van der Waals surface area contributed by atoms with Gasteiger partial charge in [0.1, 0.15) is 30.3 Å². The molecule has 6 nitrogen and oxygen atoms in total. The number of hydrogen-bond donors (Lipinski definition) is 1. The van der Waals surface area contributed by atoms with Gasteiger partial charge in [-0.2, -0.15) is 0 Å². The zero-order chi connectivity index (χ0) is 20.2. The first kappa shape index (κ1) is 19.4. The van der Waals surface area contributed by atoms with E-state index < -0.39 is 0 Å². The van der Waals surface area contributed by atoms with Crippen LogP contribution in [0.5, 0.6) is 23.0 Å². The molecule has 1 aliphatic heterocycles. The number of ether oxygens (including phenoxy) is 4. The number of hydrogen-bond acceptors (Lipinski definition) is 5. The molecule has 0 saturated heterocycles. The van der Waals surface area contributed by atoms with Crippen molar-refractivity contribution >= 4 is 5.91 Å². The van der Waals surface area contributed by atoms with Gasteiger partial charge in [-0.25, -0.2) is 0 Å². The second-order valence-electron chi connectivity index (χ2n) is 7.43. The molecule has 1 amide bonds. The van der Waals surface area contributed by atoms with Crippen LogP contribution in [-0.2, 0) is 0 Å². The lowest BCUT2D eigenvalue weighted by Crippen LogP contribution is -2.27. The highest BCUT2D eigenvalue weighted by molar-refractivity contribution is 5.99. The van der Waals surface area contributed by atoms with Crippen LogP contribution in [0.25, 0.3) is 0 Å². The molecule has 0 aromatic heterocycles. The summed E-state index contributed by atoms with van der Waals surface area (Å²) in [5, 5.41) is 3.04. The van der Waals surface area contributed by atoms with Crippen molar-refractivity contribution in [1.29, 1.82) is 0 Å². The molecule has 0 radical (unpaired) electrons. The topological polar surface area (TPSA) is 66.0 Å². The van der Waals surface area contributed by atoms with E-state index in [0.717, 1.165) is 17.9 Å². The molecule has 1 N–H and O–H groups in total. The molecule has 1 atom stereocenters. The van der Waals surface area contributed by atoms with Gasteiger partial charge in [-0.05, 0) is 60.9 Å². The summed E-state index contributed by atoms with van der Waals surface area (Å²) >= 11 is 0. The summed E-state index contributed by atoms with van der Waals surface area (Å²) in [4.78, 5) is 12.8. The Balaban J connectivity index is 1.43. The lowest BCUT2D eigenvalue weighted by atomic mass is 9.90. The van der Waals surface area contributed by atoms with Crippen LogP contribution in [0.2, 0.25) is 0 Å². The van der Waals surface area contributed by atoms with Crippen molar-refractivity contribution in [3.05, 3.63) is 47.5 Å². The van der Waals surface area contributed by atoms with Crippen molar-refractivity contribution in [3.8, 4) is 23.0 Å². The van der Waals surface area contributed by atoms with Gasteiger partial charge in [0.25, 0.3) is 5.91 Å². The van der Waals surface area contributed by atoms with E-state index in [-0.39, 0.29) is 5.91 Å². The summed E-state index contributed by atoms with van der Waals surface area (Å²) < 4.78 is 22.1. The van der Waals surface area contributed by atoms with Crippen LogP contribution in [0.1, 0.15) is 41.1 Å². The largest absolute Gasteiger partial charge is 0.496 e. The maximum absolute atomic E-state index is 12.8. The van der Waals surface area contributed by atoms with Gasteiger partial charge in [-0.15, -0.1) is 0 Å². The predicted molar refractivity (Wildman–Crippen MR) is 109 cm³/mol. The van der Waals surface area contributed by atoms with Crippen molar-refractivity contribution in [3.63, 3.8) is 0 Å². The number of amides is 1. The van der Waals surface area contributed by atoms with Crippen LogP contribution >= 0.6 is 0 Å². The molecule has 4 rings (SSSR count). The maximum Gasteiger partial charge on any atom is 0.258 e.